The number of nitrogens with zero attached hydrogens (tertiary/aromatic N) is 1. The number of nitrogens with two attached hydrogens (primary N) is 1. The van der Waals surface area contributed by atoms with Crippen LogP contribution in [0, 0.1) is 5.82 Å². The van der Waals surface area contributed by atoms with Gasteiger partial charge in [-0.1, -0.05) is 0 Å². The van der Waals surface area contributed by atoms with Crippen LogP contribution in [-0.2, 0) is 4.74 Å². The molecule has 96 valence electrons. The van der Waals surface area contributed by atoms with E-state index in [9.17, 15) is 4.39 Å². The Bertz CT molecular complexity index is 385. The van der Waals surface area contributed by atoms with E-state index < -0.39 is 5.82 Å². The number of rotatable bonds is 5. The highest BCUT2D eigenvalue weighted by molar-refractivity contribution is 5.70. The van der Waals surface area contributed by atoms with Gasteiger partial charge in [0.15, 0.2) is 11.6 Å². The van der Waals surface area contributed by atoms with Gasteiger partial charge in [0.2, 0.25) is 0 Å². The smallest absolute Gasteiger partial charge is 0.167 e. The summed E-state index contributed by atoms with van der Waals surface area (Å²) >= 11 is 0. The lowest BCUT2D eigenvalue weighted by atomic mass is 10.2. The first-order valence-corrected chi connectivity index (χ1v) is 5.36. The van der Waals surface area contributed by atoms with Crippen LogP contribution < -0.4 is 15.4 Å². The van der Waals surface area contributed by atoms with Gasteiger partial charge in [0.25, 0.3) is 0 Å². The predicted octanol–water partition coefficient (Wildman–Crippen LogP) is 1.89. The molecule has 0 amide bonds. The molecule has 1 atom stereocenters. The van der Waals surface area contributed by atoms with Crippen molar-refractivity contribution in [3.63, 3.8) is 0 Å². The molecule has 0 heterocycles. The topological polar surface area (TPSA) is 47.7 Å². The van der Waals surface area contributed by atoms with Crippen molar-refractivity contribution in [2.24, 2.45) is 0 Å². The van der Waals surface area contributed by atoms with E-state index in [4.69, 9.17) is 15.2 Å². The van der Waals surface area contributed by atoms with Crippen LogP contribution in [0.25, 0.3) is 0 Å². The van der Waals surface area contributed by atoms with Crippen LogP contribution in [0.1, 0.15) is 6.92 Å². The molecule has 17 heavy (non-hydrogen) atoms. The Hall–Kier alpha value is -1.49. The summed E-state index contributed by atoms with van der Waals surface area (Å²) in [7, 11) is 4.95. The number of halogens is 1. The second-order valence-electron chi connectivity index (χ2n) is 3.96. The van der Waals surface area contributed by atoms with E-state index in [0.29, 0.717) is 12.3 Å². The van der Waals surface area contributed by atoms with Gasteiger partial charge < -0.3 is 20.1 Å². The van der Waals surface area contributed by atoms with Crippen molar-refractivity contribution < 1.29 is 13.9 Å². The van der Waals surface area contributed by atoms with E-state index in [-0.39, 0.29) is 11.8 Å². The summed E-state index contributed by atoms with van der Waals surface area (Å²) in [6.45, 7) is 2.56. The number of ether oxygens (including phenoxy) is 2. The van der Waals surface area contributed by atoms with Crippen molar-refractivity contribution >= 4 is 11.4 Å². The Morgan fingerprint density at radius 3 is 2.59 bits per heavy atom. The van der Waals surface area contributed by atoms with Crippen molar-refractivity contribution in [1.29, 1.82) is 0 Å². The fraction of sp³-hybridized carbons (Fsp3) is 0.500. The van der Waals surface area contributed by atoms with Gasteiger partial charge >= 0.3 is 0 Å². The van der Waals surface area contributed by atoms with E-state index >= 15 is 0 Å². The monoisotopic (exact) mass is 242 g/mol. The van der Waals surface area contributed by atoms with Crippen LogP contribution >= 0.6 is 0 Å². The average Bonchev–Trinajstić information content (AvgIpc) is 2.29. The molecular formula is C12H19FN2O2. The van der Waals surface area contributed by atoms with E-state index in [1.54, 1.807) is 13.2 Å². The minimum absolute atomic E-state index is 0.137. The van der Waals surface area contributed by atoms with Crippen molar-refractivity contribution in [1.82, 2.24) is 0 Å². The molecule has 0 bridgehead atoms. The molecule has 0 saturated heterocycles. The lowest BCUT2D eigenvalue weighted by Gasteiger charge is -2.28. The molecule has 0 aromatic heterocycles. The van der Waals surface area contributed by atoms with Gasteiger partial charge in [-0.3, -0.25) is 0 Å². The Balaban J connectivity index is 3.04. The molecule has 1 aromatic rings. The second kappa shape index (κ2) is 5.72. The lowest BCUT2D eigenvalue weighted by Crippen LogP contribution is -2.33. The van der Waals surface area contributed by atoms with Crippen LogP contribution in [0.4, 0.5) is 15.8 Å². The number of likely N-dealkylation sites (N-methyl/N-ethyl adjacent to an activating group) is 1. The molecule has 1 unspecified atom stereocenters. The maximum absolute atomic E-state index is 13.4. The van der Waals surface area contributed by atoms with Crippen molar-refractivity contribution in [3.8, 4) is 5.75 Å². The molecule has 2 N–H and O–H groups in total. The molecule has 0 fully saturated rings. The first-order chi connectivity index (χ1) is 8.01. The molecule has 0 saturated carbocycles. The highest BCUT2D eigenvalue weighted by Crippen LogP contribution is 2.31. The summed E-state index contributed by atoms with van der Waals surface area (Å²) in [5.41, 5.74) is 6.91. The summed E-state index contributed by atoms with van der Waals surface area (Å²) in [6, 6.07) is 3.00. The summed E-state index contributed by atoms with van der Waals surface area (Å²) in [6.07, 6.45) is 0. The molecular weight excluding hydrogens is 223 g/mol. The fourth-order valence-corrected chi connectivity index (χ4v) is 1.61. The molecule has 0 aliphatic rings. The van der Waals surface area contributed by atoms with Gasteiger partial charge in [-0.25, -0.2) is 4.39 Å². The fourth-order valence-electron chi connectivity index (χ4n) is 1.61. The number of hydrogen-bond acceptors (Lipinski definition) is 4. The third-order valence-corrected chi connectivity index (χ3v) is 2.75. The Morgan fingerprint density at radius 2 is 2.06 bits per heavy atom. The first-order valence-electron chi connectivity index (χ1n) is 5.36. The summed E-state index contributed by atoms with van der Waals surface area (Å²) in [5.74, 6) is -0.271. The van der Waals surface area contributed by atoms with E-state index in [1.807, 2.05) is 18.9 Å². The second-order valence-corrected chi connectivity index (χ2v) is 3.96. The van der Waals surface area contributed by atoms with E-state index in [1.165, 1.54) is 13.2 Å². The van der Waals surface area contributed by atoms with Gasteiger partial charge in [0.1, 0.15) is 0 Å². The molecule has 0 aliphatic heterocycles. The Kier molecular flexibility index (Phi) is 4.57. The predicted molar refractivity (Wildman–Crippen MR) is 67.1 cm³/mol. The van der Waals surface area contributed by atoms with Crippen LogP contribution in [0.5, 0.6) is 5.75 Å². The molecule has 0 radical (unpaired) electrons. The van der Waals surface area contributed by atoms with Crippen molar-refractivity contribution in [2.75, 3.05) is 38.5 Å². The third-order valence-electron chi connectivity index (χ3n) is 2.75. The first kappa shape index (κ1) is 13.6. The van der Waals surface area contributed by atoms with Gasteiger partial charge in [0.05, 0.1) is 25.1 Å². The highest BCUT2D eigenvalue weighted by atomic mass is 19.1. The molecule has 1 rings (SSSR count). The minimum Gasteiger partial charge on any atom is -0.494 e. The molecule has 1 aromatic carbocycles. The summed E-state index contributed by atoms with van der Waals surface area (Å²) < 4.78 is 23.4. The lowest BCUT2D eigenvalue weighted by molar-refractivity contribution is 0.183. The van der Waals surface area contributed by atoms with E-state index in [0.717, 1.165) is 5.69 Å². The van der Waals surface area contributed by atoms with Crippen molar-refractivity contribution in [3.05, 3.63) is 17.9 Å². The maximum Gasteiger partial charge on any atom is 0.167 e. The molecule has 0 aliphatic carbocycles. The largest absolute Gasteiger partial charge is 0.494 e. The van der Waals surface area contributed by atoms with Gasteiger partial charge in [0, 0.05) is 32.3 Å². The zero-order valence-electron chi connectivity index (χ0n) is 10.7. The zero-order valence-corrected chi connectivity index (χ0v) is 10.7. The molecule has 4 nitrogen and oxygen atoms in total. The number of hydrogen-bond donors (Lipinski definition) is 1. The van der Waals surface area contributed by atoms with Gasteiger partial charge in [-0.2, -0.15) is 0 Å². The zero-order chi connectivity index (χ0) is 13.0. The minimum atomic E-state index is -0.457. The molecule has 5 heteroatoms. The third kappa shape index (κ3) is 3.00. The van der Waals surface area contributed by atoms with E-state index in [2.05, 4.69) is 0 Å². The average molecular weight is 242 g/mol. The van der Waals surface area contributed by atoms with Gasteiger partial charge in [-0.15, -0.1) is 0 Å². The van der Waals surface area contributed by atoms with Crippen LogP contribution in [0.3, 0.4) is 0 Å². The van der Waals surface area contributed by atoms with Crippen LogP contribution in [0.2, 0.25) is 0 Å². The normalized spacial score (nSPS) is 12.3. The molecule has 0 spiro atoms. The van der Waals surface area contributed by atoms with Gasteiger partial charge in [-0.05, 0) is 6.92 Å². The summed E-state index contributed by atoms with van der Waals surface area (Å²) in [5, 5.41) is 0. The van der Waals surface area contributed by atoms with Crippen LogP contribution in [0.15, 0.2) is 12.1 Å². The maximum atomic E-state index is 13.4. The van der Waals surface area contributed by atoms with Crippen molar-refractivity contribution in [2.45, 2.75) is 13.0 Å². The highest BCUT2D eigenvalue weighted by Gasteiger charge is 2.15. The Morgan fingerprint density at radius 1 is 1.41 bits per heavy atom. The number of benzene rings is 1. The Labute approximate surface area is 101 Å². The number of methoxy groups -OCH3 is 2. The standard InChI is InChI=1S/C12H19FN2O2/c1-8(7-16-3)15(2)11-6-12(17-4)9(13)5-10(11)14/h5-6,8H,7,14H2,1-4H3. The number of anilines is 2. The SMILES string of the molecule is COCC(C)N(C)c1cc(OC)c(F)cc1N. The quantitative estimate of drug-likeness (QED) is 0.801. The van der Waals surface area contributed by atoms with Crippen LogP contribution in [-0.4, -0.2) is 33.9 Å². The number of nitrogen functional groups attached to an aromatic ring is 1. The summed E-state index contributed by atoms with van der Waals surface area (Å²) in [4.78, 5) is 1.93.